The van der Waals surface area contributed by atoms with Crippen LogP contribution < -0.4 is 10.1 Å². The topological polar surface area (TPSA) is 101 Å². The summed E-state index contributed by atoms with van der Waals surface area (Å²) in [5.74, 6) is -0.0695. The highest BCUT2D eigenvalue weighted by Gasteiger charge is 2.39. The van der Waals surface area contributed by atoms with Crippen molar-refractivity contribution in [2.75, 3.05) is 26.3 Å². The van der Waals surface area contributed by atoms with Gasteiger partial charge in [-0.1, -0.05) is 13.0 Å². The molecule has 42 heavy (non-hydrogen) atoms. The van der Waals surface area contributed by atoms with Gasteiger partial charge in [-0.15, -0.1) is 0 Å². The Bertz CT molecular complexity index is 1590. The molecule has 7 rings (SSSR count). The third-order valence-corrected chi connectivity index (χ3v) is 8.98. The first-order chi connectivity index (χ1) is 20.3. The lowest BCUT2D eigenvalue weighted by atomic mass is 10.0. The SMILES string of the molecule is C[C@@H]1CN(Cc2cc(F)c3nc([C@H]4CCOC4)ccc3c2)C[C@H]1Oc1ccc2c(c1)CN([C@H]1CCC(=O)NC1=O)C2=O. The molecular weight excluding hydrogens is 539 g/mol. The van der Waals surface area contributed by atoms with Crippen LogP contribution in [0.3, 0.4) is 0 Å². The molecule has 0 radical (unpaired) electrons. The molecule has 3 amide bonds. The van der Waals surface area contributed by atoms with Crippen LogP contribution in [0.1, 0.15) is 59.3 Å². The molecule has 0 saturated carbocycles. The van der Waals surface area contributed by atoms with Crippen molar-refractivity contribution in [1.82, 2.24) is 20.1 Å². The van der Waals surface area contributed by atoms with E-state index >= 15 is 4.39 Å². The zero-order chi connectivity index (χ0) is 29.0. The van der Waals surface area contributed by atoms with Gasteiger partial charge in [-0.05, 0) is 60.4 Å². The Hall–Kier alpha value is -3.89. The Morgan fingerprint density at radius 3 is 2.79 bits per heavy atom. The lowest BCUT2D eigenvalue weighted by Crippen LogP contribution is -2.52. The number of piperidine rings is 1. The largest absolute Gasteiger partial charge is 0.489 e. The molecule has 9 nitrogen and oxygen atoms in total. The number of fused-ring (bicyclic) bond motifs is 2. The third kappa shape index (κ3) is 5.03. The van der Waals surface area contributed by atoms with Gasteiger partial charge in [0.25, 0.3) is 5.91 Å². The minimum atomic E-state index is -0.643. The lowest BCUT2D eigenvalue weighted by Gasteiger charge is -2.29. The Labute approximate surface area is 243 Å². The summed E-state index contributed by atoms with van der Waals surface area (Å²) in [7, 11) is 0. The van der Waals surface area contributed by atoms with E-state index in [2.05, 4.69) is 22.1 Å². The number of carbonyl (C=O) groups excluding carboxylic acids is 3. The summed E-state index contributed by atoms with van der Waals surface area (Å²) in [6, 6.07) is 12.4. The van der Waals surface area contributed by atoms with Crippen LogP contribution in [0.25, 0.3) is 10.9 Å². The van der Waals surface area contributed by atoms with Crippen molar-refractivity contribution in [3.8, 4) is 5.75 Å². The van der Waals surface area contributed by atoms with Gasteiger partial charge < -0.3 is 14.4 Å². The van der Waals surface area contributed by atoms with E-state index in [4.69, 9.17) is 9.47 Å². The summed E-state index contributed by atoms with van der Waals surface area (Å²) in [5.41, 5.74) is 3.57. The molecule has 10 heteroatoms. The number of aromatic nitrogens is 1. The molecule has 1 N–H and O–H groups in total. The number of hydrogen-bond donors (Lipinski definition) is 1. The molecule has 4 atom stereocenters. The van der Waals surface area contributed by atoms with Crippen molar-refractivity contribution in [3.63, 3.8) is 0 Å². The first-order valence-electron chi connectivity index (χ1n) is 14.7. The molecule has 0 bridgehead atoms. The molecule has 4 aliphatic heterocycles. The fourth-order valence-corrected chi connectivity index (χ4v) is 6.73. The second-order valence-corrected chi connectivity index (χ2v) is 12.0. The molecule has 3 fully saturated rings. The van der Waals surface area contributed by atoms with Crippen molar-refractivity contribution in [2.24, 2.45) is 5.92 Å². The van der Waals surface area contributed by atoms with Crippen LogP contribution in [0.15, 0.2) is 42.5 Å². The van der Waals surface area contributed by atoms with Crippen LogP contribution in [0, 0.1) is 11.7 Å². The number of imide groups is 1. The Morgan fingerprint density at radius 1 is 1.10 bits per heavy atom. The van der Waals surface area contributed by atoms with Gasteiger partial charge in [0.05, 0.1) is 6.61 Å². The van der Waals surface area contributed by atoms with Gasteiger partial charge in [-0.3, -0.25) is 24.6 Å². The highest BCUT2D eigenvalue weighted by molar-refractivity contribution is 6.05. The number of pyridine rings is 1. The summed E-state index contributed by atoms with van der Waals surface area (Å²) in [4.78, 5) is 45.3. The summed E-state index contributed by atoms with van der Waals surface area (Å²) in [5, 5.41) is 3.13. The van der Waals surface area contributed by atoms with E-state index in [0.29, 0.717) is 49.5 Å². The van der Waals surface area contributed by atoms with E-state index in [-0.39, 0.29) is 42.0 Å². The van der Waals surface area contributed by atoms with Crippen molar-refractivity contribution < 1.29 is 28.2 Å². The van der Waals surface area contributed by atoms with Crippen molar-refractivity contribution in [3.05, 3.63) is 70.7 Å². The van der Waals surface area contributed by atoms with Crippen molar-refractivity contribution in [1.29, 1.82) is 0 Å². The zero-order valence-corrected chi connectivity index (χ0v) is 23.5. The van der Waals surface area contributed by atoms with Gasteiger partial charge in [0.2, 0.25) is 11.8 Å². The van der Waals surface area contributed by atoms with Gasteiger partial charge in [-0.25, -0.2) is 9.37 Å². The third-order valence-electron chi connectivity index (χ3n) is 8.98. The van der Waals surface area contributed by atoms with Crippen LogP contribution in [-0.2, 0) is 27.4 Å². The minimum absolute atomic E-state index is 0.0606. The molecule has 0 spiro atoms. The molecule has 0 unspecified atom stereocenters. The van der Waals surface area contributed by atoms with Crippen molar-refractivity contribution in [2.45, 2.75) is 57.3 Å². The molecule has 3 saturated heterocycles. The van der Waals surface area contributed by atoms with Crippen LogP contribution >= 0.6 is 0 Å². The maximum atomic E-state index is 15.1. The normalized spacial score (nSPS) is 26.2. The highest BCUT2D eigenvalue weighted by Crippen LogP contribution is 2.33. The van der Waals surface area contributed by atoms with Crippen LogP contribution in [0.5, 0.6) is 5.75 Å². The van der Waals surface area contributed by atoms with E-state index in [9.17, 15) is 14.4 Å². The molecule has 218 valence electrons. The fourth-order valence-electron chi connectivity index (χ4n) is 6.73. The number of hydrogen-bond acceptors (Lipinski definition) is 7. The maximum Gasteiger partial charge on any atom is 0.255 e. The second-order valence-electron chi connectivity index (χ2n) is 12.0. The second kappa shape index (κ2) is 10.7. The monoisotopic (exact) mass is 572 g/mol. The lowest BCUT2D eigenvalue weighted by molar-refractivity contribution is -0.136. The number of rotatable bonds is 6. The maximum absolute atomic E-state index is 15.1. The Morgan fingerprint density at radius 2 is 1.98 bits per heavy atom. The number of likely N-dealkylation sites (tertiary alicyclic amines) is 1. The molecule has 2 aromatic carbocycles. The summed E-state index contributed by atoms with van der Waals surface area (Å²) < 4.78 is 27.0. The molecule has 4 aliphatic rings. The minimum Gasteiger partial charge on any atom is -0.489 e. The quantitative estimate of drug-likeness (QED) is 0.451. The summed E-state index contributed by atoms with van der Waals surface area (Å²) in [6.45, 7) is 5.93. The number of nitrogens with one attached hydrogen (secondary N) is 1. The average Bonchev–Trinajstić information content (AvgIpc) is 3.69. The van der Waals surface area contributed by atoms with Crippen molar-refractivity contribution >= 4 is 28.6 Å². The summed E-state index contributed by atoms with van der Waals surface area (Å²) in [6.07, 6.45) is 1.41. The van der Waals surface area contributed by atoms with E-state index in [1.807, 2.05) is 24.3 Å². The van der Waals surface area contributed by atoms with Crippen LogP contribution in [-0.4, -0.2) is 71.0 Å². The van der Waals surface area contributed by atoms with E-state index < -0.39 is 11.9 Å². The molecule has 1 aromatic heterocycles. The van der Waals surface area contributed by atoms with Gasteiger partial charge in [0, 0.05) is 67.7 Å². The highest BCUT2D eigenvalue weighted by atomic mass is 19.1. The zero-order valence-electron chi connectivity index (χ0n) is 23.5. The molecule has 3 aromatic rings. The number of nitrogens with zero attached hydrogens (tertiary/aromatic N) is 3. The molecule has 5 heterocycles. The Kier molecular flexibility index (Phi) is 6.90. The predicted octanol–water partition coefficient (Wildman–Crippen LogP) is 3.54. The number of benzene rings is 2. The molecule has 0 aliphatic carbocycles. The number of halogens is 1. The van der Waals surface area contributed by atoms with Gasteiger partial charge in [0.1, 0.15) is 29.2 Å². The van der Waals surface area contributed by atoms with E-state index in [1.54, 1.807) is 18.2 Å². The standard InChI is InChI=1S/C32H33FN4O5/c1-18-13-36(14-19-10-20-2-5-26(21-8-9-41-17-21)34-30(20)25(33)11-19)16-28(18)42-23-3-4-24-22(12-23)15-37(32(24)40)27-6-7-29(38)35-31(27)39/h2-5,10-12,18,21,27-28H,6-9,13-17H2,1H3,(H,35,38,39)/t18-,21+,27+,28-/m1/s1. The fraction of sp³-hybridized carbons (Fsp3) is 0.438. The van der Waals surface area contributed by atoms with Gasteiger partial charge in [-0.2, -0.15) is 0 Å². The van der Waals surface area contributed by atoms with E-state index in [0.717, 1.165) is 41.8 Å². The number of amides is 3. The van der Waals surface area contributed by atoms with Crippen LogP contribution in [0.2, 0.25) is 0 Å². The average molecular weight is 573 g/mol. The van der Waals surface area contributed by atoms with Gasteiger partial charge >= 0.3 is 0 Å². The summed E-state index contributed by atoms with van der Waals surface area (Å²) >= 11 is 0. The first-order valence-corrected chi connectivity index (χ1v) is 14.7. The smallest absolute Gasteiger partial charge is 0.255 e. The van der Waals surface area contributed by atoms with Crippen LogP contribution in [0.4, 0.5) is 4.39 Å². The number of carbonyl (C=O) groups is 3. The number of ether oxygens (including phenoxy) is 2. The Balaban J connectivity index is 1.00. The van der Waals surface area contributed by atoms with E-state index in [1.165, 1.54) is 4.90 Å². The predicted molar refractivity (Wildman–Crippen MR) is 151 cm³/mol. The first kappa shape index (κ1) is 27.0. The van der Waals surface area contributed by atoms with Gasteiger partial charge in [0.15, 0.2) is 0 Å². The molecular formula is C32H33FN4O5.